The van der Waals surface area contributed by atoms with E-state index < -0.39 is 17.1 Å². The SMILES string of the molecule is C[AsH]c1ccc(Cc2nc3c([nH]2)c(=O)n(Cc2ccccc2F)c(=O)n3CC2CC2)cc1. The Balaban J connectivity index is 1.59. The first-order valence-corrected chi connectivity index (χ1v) is 13.9. The van der Waals surface area contributed by atoms with E-state index in [0.717, 1.165) is 23.0 Å². The Labute approximate surface area is 190 Å². The minimum absolute atomic E-state index is 0.0831. The minimum atomic E-state index is -0.467. The molecule has 1 aliphatic carbocycles. The summed E-state index contributed by atoms with van der Waals surface area (Å²) in [6.07, 6.45) is 2.66. The third-order valence-corrected chi connectivity index (χ3v) is 7.86. The third-order valence-electron chi connectivity index (χ3n) is 5.95. The number of nitrogens with zero attached hydrogens (tertiary/aromatic N) is 3. The summed E-state index contributed by atoms with van der Waals surface area (Å²) in [5, 5.41) is 0. The molecule has 1 N–H and O–H groups in total. The van der Waals surface area contributed by atoms with E-state index in [1.54, 1.807) is 22.8 Å². The molecule has 0 bridgehead atoms. The molecule has 5 rings (SSSR count). The molecular formula is C24H24AsFN4O2. The van der Waals surface area contributed by atoms with E-state index in [2.05, 4.69) is 39.9 Å². The molecule has 32 heavy (non-hydrogen) atoms. The van der Waals surface area contributed by atoms with Crippen molar-refractivity contribution < 1.29 is 4.39 Å². The van der Waals surface area contributed by atoms with Crippen LogP contribution in [-0.2, 0) is 19.5 Å². The number of halogens is 1. The first kappa shape index (κ1) is 21.0. The number of H-pyrrole nitrogens is 1. The summed E-state index contributed by atoms with van der Waals surface area (Å²) in [4.78, 5) is 34.3. The van der Waals surface area contributed by atoms with Crippen molar-refractivity contribution in [2.75, 3.05) is 0 Å². The van der Waals surface area contributed by atoms with Crippen molar-refractivity contribution in [1.82, 2.24) is 19.1 Å². The number of aromatic amines is 1. The molecule has 1 saturated carbocycles. The standard InChI is InChI=1S/C24H24AsFN4O2/c1-25-18-10-8-15(9-11-18)12-20-27-21-22(28-20)29(13-16-6-7-16)24(32)30(23(21)31)14-17-4-2-3-5-19(17)26/h2-5,8-11,16,25H,6-7,12-14H2,1H3,(H,27,28). The summed E-state index contributed by atoms with van der Waals surface area (Å²) in [6, 6.07) is 14.7. The van der Waals surface area contributed by atoms with Gasteiger partial charge in [0, 0.05) is 0 Å². The number of aromatic nitrogens is 4. The molecule has 0 saturated heterocycles. The van der Waals surface area contributed by atoms with Gasteiger partial charge in [0.25, 0.3) is 0 Å². The van der Waals surface area contributed by atoms with Crippen LogP contribution in [0.3, 0.4) is 0 Å². The summed E-state index contributed by atoms with van der Waals surface area (Å²) in [5.41, 5.74) is 3.42. The van der Waals surface area contributed by atoms with Gasteiger partial charge in [-0.05, 0) is 6.07 Å². The van der Waals surface area contributed by atoms with E-state index >= 15 is 0 Å². The Bertz CT molecular complexity index is 1400. The van der Waals surface area contributed by atoms with Gasteiger partial charge in [0.2, 0.25) is 0 Å². The van der Waals surface area contributed by atoms with Gasteiger partial charge in [0.1, 0.15) is 5.82 Å². The van der Waals surface area contributed by atoms with Gasteiger partial charge >= 0.3 is 156 Å². The van der Waals surface area contributed by atoms with Gasteiger partial charge in [0.15, 0.2) is 0 Å². The van der Waals surface area contributed by atoms with Gasteiger partial charge in [-0.1, -0.05) is 18.2 Å². The molecule has 8 heteroatoms. The molecule has 2 aromatic carbocycles. The summed E-state index contributed by atoms with van der Waals surface area (Å²) in [6.45, 7) is 0.411. The predicted octanol–water partition coefficient (Wildman–Crippen LogP) is 2.18. The molecule has 2 aromatic heterocycles. The number of hydrogen-bond donors (Lipinski definition) is 1. The summed E-state index contributed by atoms with van der Waals surface area (Å²) in [7, 11) is 0. The van der Waals surface area contributed by atoms with E-state index in [4.69, 9.17) is 0 Å². The van der Waals surface area contributed by atoms with Crippen LogP contribution in [0.2, 0.25) is 5.71 Å². The summed E-state index contributed by atoms with van der Waals surface area (Å²) in [5.74, 6) is 0.627. The molecule has 4 aromatic rings. The molecule has 6 nitrogen and oxygen atoms in total. The Morgan fingerprint density at radius 2 is 1.84 bits per heavy atom. The van der Waals surface area contributed by atoms with Crippen molar-refractivity contribution in [3.8, 4) is 0 Å². The van der Waals surface area contributed by atoms with Gasteiger partial charge in [-0.15, -0.1) is 0 Å². The second kappa shape index (κ2) is 8.55. The van der Waals surface area contributed by atoms with Crippen LogP contribution in [0.4, 0.5) is 4.39 Å². The van der Waals surface area contributed by atoms with Crippen LogP contribution in [0, 0.1) is 11.7 Å². The van der Waals surface area contributed by atoms with E-state index in [1.165, 1.54) is 10.4 Å². The van der Waals surface area contributed by atoms with Crippen molar-refractivity contribution in [2.45, 2.75) is 38.1 Å². The number of rotatable bonds is 7. The van der Waals surface area contributed by atoms with Crippen LogP contribution in [-0.4, -0.2) is 34.9 Å². The number of nitrogens with one attached hydrogen (secondary N) is 1. The average molecular weight is 494 g/mol. The number of benzene rings is 2. The molecule has 0 radical (unpaired) electrons. The van der Waals surface area contributed by atoms with E-state index in [-0.39, 0.29) is 22.3 Å². The monoisotopic (exact) mass is 494 g/mol. The van der Waals surface area contributed by atoms with E-state index in [0.29, 0.717) is 41.4 Å². The van der Waals surface area contributed by atoms with Crippen molar-refractivity contribution in [3.63, 3.8) is 0 Å². The number of imidazole rings is 1. The Hall–Kier alpha value is -2.92. The molecule has 0 aliphatic heterocycles. The molecule has 1 unspecified atom stereocenters. The summed E-state index contributed by atoms with van der Waals surface area (Å²) < 4.78 is 18.3. The normalized spacial score (nSPS) is 14.1. The van der Waals surface area contributed by atoms with E-state index in [1.807, 2.05) is 0 Å². The Morgan fingerprint density at radius 3 is 2.53 bits per heavy atom. The first-order valence-electron chi connectivity index (χ1n) is 10.8. The molecule has 0 amide bonds. The molecular weight excluding hydrogens is 470 g/mol. The van der Waals surface area contributed by atoms with Crippen LogP contribution < -0.4 is 15.6 Å². The van der Waals surface area contributed by atoms with Gasteiger partial charge in [-0.3, -0.25) is 0 Å². The van der Waals surface area contributed by atoms with Crippen molar-refractivity contribution in [3.05, 3.63) is 92.1 Å². The van der Waals surface area contributed by atoms with Crippen LogP contribution in [0.1, 0.15) is 29.8 Å². The van der Waals surface area contributed by atoms with Gasteiger partial charge in [-0.2, -0.15) is 0 Å². The fraction of sp³-hybridized carbons (Fsp3) is 0.292. The fourth-order valence-corrected chi connectivity index (χ4v) is 4.99. The maximum absolute atomic E-state index is 14.2. The van der Waals surface area contributed by atoms with Crippen LogP contribution in [0.15, 0.2) is 58.1 Å². The average Bonchev–Trinajstić information content (AvgIpc) is 3.53. The van der Waals surface area contributed by atoms with Gasteiger partial charge in [0.05, 0.1) is 0 Å². The van der Waals surface area contributed by atoms with Crippen molar-refractivity contribution in [2.24, 2.45) is 5.92 Å². The molecule has 2 heterocycles. The second-order valence-corrected chi connectivity index (χ2v) is 10.6. The van der Waals surface area contributed by atoms with Gasteiger partial charge < -0.3 is 0 Å². The zero-order valence-corrected chi connectivity index (χ0v) is 19.9. The zero-order chi connectivity index (χ0) is 22.2. The van der Waals surface area contributed by atoms with Crippen LogP contribution in [0.5, 0.6) is 0 Å². The molecule has 1 aliphatic rings. The second-order valence-electron chi connectivity index (χ2n) is 8.33. The zero-order valence-electron chi connectivity index (χ0n) is 17.8. The Morgan fingerprint density at radius 1 is 1.09 bits per heavy atom. The predicted molar refractivity (Wildman–Crippen MR) is 125 cm³/mol. The summed E-state index contributed by atoms with van der Waals surface area (Å²) >= 11 is -0.0831. The van der Waals surface area contributed by atoms with Crippen LogP contribution in [0.25, 0.3) is 11.2 Å². The number of fused-ring (bicyclic) bond motifs is 1. The third kappa shape index (κ3) is 4.09. The first-order chi connectivity index (χ1) is 15.5. The molecule has 1 atom stereocenters. The van der Waals surface area contributed by atoms with E-state index in [9.17, 15) is 14.0 Å². The van der Waals surface area contributed by atoms with Crippen molar-refractivity contribution >= 4 is 31.3 Å². The number of hydrogen-bond acceptors (Lipinski definition) is 3. The Kier molecular flexibility index (Phi) is 5.60. The topological polar surface area (TPSA) is 72.7 Å². The maximum atomic E-state index is 14.2. The van der Waals surface area contributed by atoms with Crippen molar-refractivity contribution in [1.29, 1.82) is 0 Å². The molecule has 1 fully saturated rings. The van der Waals surface area contributed by atoms with Gasteiger partial charge in [-0.25, -0.2) is 4.39 Å². The van der Waals surface area contributed by atoms with Crippen LogP contribution >= 0.6 is 0 Å². The molecule has 0 spiro atoms. The molecule has 164 valence electrons. The quantitative estimate of drug-likeness (QED) is 0.401. The fourth-order valence-electron chi connectivity index (χ4n) is 3.94.